The lowest BCUT2D eigenvalue weighted by molar-refractivity contribution is -0.0440. The van der Waals surface area contributed by atoms with Gasteiger partial charge in [-0.2, -0.15) is 4.31 Å². The lowest BCUT2D eigenvalue weighted by Crippen LogP contribution is -2.48. The highest BCUT2D eigenvalue weighted by molar-refractivity contribution is 9.10. The average molecular weight is 481 g/mol. The van der Waals surface area contributed by atoms with Crippen molar-refractivity contribution >= 4 is 31.9 Å². The van der Waals surface area contributed by atoms with Crippen LogP contribution in [0.4, 0.5) is 0 Å². The van der Waals surface area contributed by atoms with E-state index < -0.39 is 10.0 Å². The Morgan fingerprint density at radius 2 is 1.76 bits per heavy atom. The van der Waals surface area contributed by atoms with Crippen molar-refractivity contribution in [2.75, 3.05) is 20.1 Å². The Morgan fingerprint density at radius 3 is 2.38 bits per heavy atom. The summed E-state index contributed by atoms with van der Waals surface area (Å²) in [5, 5.41) is 0. The molecule has 0 bridgehead atoms. The first-order valence-electron chi connectivity index (χ1n) is 9.42. The third kappa shape index (κ3) is 5.25. The maximum absolute atomic E-state index is 13.1. The molecule has 2 atom stereocenters. The Hall–Kier alpha value is -1.74. The van der Waals surface area contributed by atoms with E-state index in [9.17, 15) is 13.2 Å². The van der Waals surface area contributed by atoms with Gasteiger partial charge in [-0.15, -0.1) is 0 Å². The van der Waals surface area contributed by atoms with Crippen molar-refractivity contribution in [2.24, 2.45) is 0 Å². The summed E-state index contributed by atoms with van der Waals surface area (Å²) in [6, 6.07) is 14.0. The van der Waals surface area contributed by atoms with Gasteiger partial charge in [-0.1, -0.05) is 34.1 Å². The smallest absolute Gasteiger partial charge is 0.253 e. The summed E-state index contributed by atoms with van der Waals surface area (Å²) in [4.78, 5) is 14.6. The van der Waals surface area contributed by atoms with E-state index in [2.05, 4.69) is 15.9 Å². The van der Waals surface area contributed by atoms with E-state index in [1.165, 1.54) is 16.4 Å². The molecule has 8 heteroatoms. The number of nitrogens with zero attached hydrogens (tertiary/aromatic N) is 2. The molecule has 1 fully saturated rings. The SMILES string of the molecule is CC1CN(S(=O)(=O)c2cccc(C(=O)N(C)Cc3ccc(Br)cc3)c2)CC(C)O1. The Labute approximate surface area is 180 Å². The van der Waals surface area contributed by atoms with Gasteiger partial charge < -0.3 is 9.64 Å². The van der Waals surface area contributed by atoms with Crippen molar-refractivity contribution in [1.29, 1.82) is 0 Å². The molecular formula is C21H25BrN2O4S. The van der Waals surface area contributed by atoms with Crippen molar-refractivity contribution in [2.45, 2.75) is 37.5 Å². The summed E-state index contributed by atoms with van der Waals surface area (Å²) in [6.07, 6.45) is -0.342. The minimum Gasteiger partial charge on any atom is -0.373 e. The monoisotopic (exact) mass is 480 g/mol. The predicted octanol–water partition coefficient (Wildman–Crippen LogP) is 3.52. The van der Waals surface area contributed by atoms with Gasteiger partial charge in [0.25, 0.3) is 5.91 Å². The molecule has 1 aliphatic rings. The molecule has 29 heavy (non-hydrogen) atoms. The summed E-state index contributed by atoms with van der Waals surface area (Å²) < 4.78 is 34.2. The summed E-state index contributed by atoms with van der Waals surface area (Å²) in [5.74, 6) is -0.228. The summed E-state index contributed by atoms with van der Waals surface area (Å²) >= 11 is 3.39. The van der Waals surface area contributed by atoms with Crippen molar-refractivity contribution in [3.05, 3.63) is 64.1 Å². The molecule has 2 unspecified atom stereocenters. The second-order valence-corrected chi connectivity index (χ2v) is 10.2. The molecule has 2 aromatic rings. The van der Waals surface area contributed by atoms with Gasteiger partial charge >= 0.3 is 0 Å². The second kappa shape index (κ2) is 8.95. The highest BCUT2D eigenvalue weighted by Gasteiger charge is 2.32. The summed E-state index contributed by atoms with van der Waals surface area (Å²) in [6.45, 7) is 4.74. The Bertz CT molecular complexity index is 968. The number of amides is 1. The van der Waals surface area contributed by atoms with Gasteiger partial charge in [0.1, 0.15) is 0 Å². The molecule has 1 heterocycles. The molecule has 0 aromatic heterocycles. The highest BCUT2D eigenvalue weighted by Crippen LogP contribution is 2.22. The molecule has 0 spiro atoms. The van der Waals surface area contributed by atoms with E-state index in [-0.39, 0.29) is 23.0 Å². The van der Waals surface area contributed by atoms with Crippen LogP contribution in [-0.4, -0.2) is 55.9 Å². The summed E-state index contributed by atoms with van der Waals surface area (Å²) in [7, 11) is -1.99. The zero-order chi connectivity index (χ0) is 21.2. The first-order chi connectivity index (χ1) is 13.7. The van der Waals surface area contributed by atoms with E-state index in [1.807, 2.05) is 38.1 Å². The number of sulfonamides is 1. The fraction of sp³-hybridized carbons (Fsp3) is 0.381. The van der Waals surface area contributed by atoms with E-state index >= 15 is 0 Å². The first kappa shape index (κ1) is 22.0. The second-order valence-electron chi connectivity index (χ2n) is 7.39. The average Bonchev–Trinajstić information content (AvgIpc) is 2.68. The van der Waals surface area contributed by atoms with Crippen molar-refractivity contribution in [3.8, 4) is 0 Å². The number of morpholine rings is 1. The maximum atomic E-state index is 13.1. The topological polar surface area (TPSA) is 66.9 Å². The van der Waals surface area contributed by atoms with E-state index in [0.717, 1.165) is 10.0 Å². The van der Waals surface area contributed by atoms with Crippen LogP contribution in [0.25, 0.3) is 0 Å². The van der Waals surface area contributed by atoms with Gasteiger partial charge in [0, 0.05) is 36.7 Å². The third-order valence-electron chi connectivity index (χ3n) is 4.78. The zero-order valence-corrected chi connectivity index (χ0v) is 19.1. The largest absolute Gasteiger partial charge is 0.373 e. The molecule has 3 rings (SSSR count). The molecule has 1 amide bonds. The fourth-order valence-electron chi connectivity index (χ4n) is 3.42. The van der Waals surface area contributed by atoms with Crippen molar-refractivity contribution in [3.63, 3.8) is 0 Å². The van der Waals surface area contributed by atoms with E-state index in [4.69, 9.17) is 4.74 Å². The van der Waals surface area contributed by atoms with Crippen LogP contribution in [-0.2, 0) is 21.3 Å². The van der Waals surface area contributed by atoms with Crippen molar-refractivity contribution in [1.82, 2.24) is 9.21 Å². The van der Waals surface area contributed by atoms with Crippen molar-refractivity contribution < 1.29 is 17.9 Å². The number of hydrogen-bond acceptors (Lipinski definition) is 4. The molecule has 0 N–H and O–H groups in total. The first-order valence-corrected chi connectivity index (χ1v) is 11.7. The number of halogens is 1. The Balaban J connectivity index is 1.79. The van der Waals surface area contributed by atoms with Gasteiger partial charge in [-0.05, 0) is 49.7 Å². The molecule has 0 radical (unpaired) electrons. The van der Waals surface area contributed by atoms with Gasteiger partial charge in [0.05, 0.1) is 17.1 Å². The van der Waals surface area contributed by atoms with E-state index in [0.29, 0.717) is 25.2 Å². The molecule has 6 nitrogen and oxygen atoms in total. The van der Waals surface area contributed by atoms with Gasteiger partial charge in [0.15, 0.2) is 0 Å². The number of hydrogen-bond donors (Lipinski definition) is 0. The molecule has 0 saturated carbocycles. The van der Waals surface area contributed by atoms with Gasteiger partial charge in [-0.3, -0.25) is 4.79 Å². The van der Waals surface area contributed by atoms with Crippen LogP contribution in [0.3, 0.4) is 0 Å². The van der Waals surface area contributed by atoms with Crippen LogP contribution in [0.15, 0.2) is 57.9 Å². The summed E-state index contributed by atoms with van der Waals surface area (Å²) in [5.41, 5.74) is 1.34. The fourth-order valence-corrected chi connectivity index (χ4v) is 5.32. The standard InChI is InChI=1S/C21H25BrN2O4S/c1-15-12-24(13-16(2)28-15)29(26,27)20-6-4-5-18(11-20)21(25)23(3)14-17-7-9-19(22)10-8-17/h4-11,15-16H,12-14H2,1-3H3. The van der Waals surface area contributed by atoms with E-state index in [1.54, 1.807) is 24.1 Å². The number of carbonyl (C=O) groups excluding carboxylic acids is 1. The normalized spacial score (nSPS) is 20.4. The molecule has 2 aromatic carbocycles. The lowest BCUT2D eigenvalue weighted by atomic mass is 10.1. The Morgan fingerprint density at radius 1 is 1.14 bits per heavy atom. The molecular weight excluding hydrogens is 456 g/mol. The van der Waals surface area contributed by atoms with Crippen LogP contribution in [0.2, 0.25) is 0 Å². The van der Waals surface area contributed by atoms with Crippen LogP contribution in [0.5, 0.6) is 0 Å². The number of rotatable bonds is 5. The van der Waals surface area contributed by atoms with Crippen LogP contribution < -0.4 is 0 Å². The predicted molar refractivity (Wildman–Crippen MR) is 115 cm³/mol. The molecule has 1 aliphatic heterocycles. The number of ether oxygens (including phenoxy) is 1. The molecule has 156 valence electrons. The maximum Gasteiger partial charge on any atom is 0.253 e. The Kier molecular flexibility index (Phi) is 6.78. The van der Waals surface area contributed by atoms with Crippen LogP contribution >= 0.6 is 15.9 Å². The minimum atomic E-state index is -3.70. The lowest BCUT2D eigenvalue weighted by Gasteiger charge is -2.34. The van der Waals surface area contributed by atoms with Gasteiger partial charge in [-0.25, -0.2) is 8.42 Å². The number of benzene rings is 2. The third-order valence-corrected chi connectivity index (χ3v) is 7.14. The molecule has 0 aliphatic carbocycles. The quantitative estimate of drug-likeness (QED) is 0.656. The zero-order valence-electron chi connectivity index (χ0n) is 16.7. The van der Waals surface area contributed by atoms with Crippen LogP contribution in [0.1, 0.15) is 29.8 Å². The van der Waals surface area contributed by atoms with Crippen LogP contribution in [0, 0.1) is 0 Å². The minimum absolute atomic E-state index is 0.127. The van der Waals surface area contributed by atoms with Gasteiger partial charge in [0.2, 0.25) is 10.0 Å². The molecule has 1 saturated heterocycles. The highest BCUT2D eigenvalue weighted by atomic mass is 79.9. The number of carbonyl (C=O) groups is 1.